The van der Waals surface area contributed by atoms with E-state index in [4.69, 9.17) is 9.26 Å². The van der Waals surface area contributed by atoms with E-state index in [1.165, 1.54) is 6.07 Å². The maximum Gasteiger partial charge on any atom is 0.418 e. The summed E-state index contributed by atoms with van der Waals surface area (Å²) in [5.41, 5.74) is 0.696. The van der Waals surface area contributed by atoms with Gasteiger partial charge in [0.1, 0.15) is 5.60 Å². The smallest absolute Gasteiger partial charge is 0.418 e. The Hall–Kier alpha value is -3.40. The third-order valence-electron chi connectivity index (χ3n) is 6.54. The van der Waals surface area contributed by atoms with Crippen LogP contribution < -0.4 is 4.90 Å². The van der Waals surface area contributed by atoms with Crippen molar-refractivity contribution in [3.05, 3.63) is 53.6 Å². The van der Waals surface area contributed by atoms with Crippen molar-refractivity contribution in [3.8, 4) is 22.8 Å². The van der Waals surface area contributed by atoms with E-state index in [-0.39, 0.29) is 41.5 Å². The van der Waals surface area contributed by atoms with Gasteiger partial charge in [-0.25, -0.2) is 0 Å². The Morgan fingerprint density at radius 1 is 1.13 bits per heavy atom. The van der Waals surface area contributed by atoms with Crippen molar-refractivity contribution in [1.29, 1.82) is 0 Å². The fourth-order valence-corrected chi connectivity index (χ4v) is 4.83. The normalized spacial score (nSPS) is 16.5. The number of benzene rings is 2. The average molecular weight is 545 g/mol. The Balaban J connectivity index is 1.53. The lowest BCUT2D eigenvalue weighted by Crippen LogP contribution is -2.38. The van der Waals surface area contributed by atoms with Gasteiger partial charge in [0.2, 0.25) is 5.82 Å². The van der Waals surface area contributed by atoms with Crippen LogP contribution in [0.3, 0.4) is 0 Å². The van der Waals surface area contributed by atoms with Gasteiger partial charge < -0.3 is 14.2 Å². The molecular formula is C29H35F3N4O3. The van der Waals surface area contributed by atoms with Crippen molar-refractivity contribution in [1.82, 2.24) is 15.0 Å². The lowest BCUT2D eigenvalue weighted by Gasteiger charge is -2.37. The zero-order valence-corrected chi connectivity index (χ0v) is 23.0. The Morgan fingerprint density at radius 2 is 1.90 bits per heavy atom. The highest BCUT2D eigenvalue weighted by molar-refractivity contribution is 5.72. The van der Waals surface area contributed by atoms with Crippen LogP contribution in [0.25, 0.3) is 22.8 Å². The molecule has 1 atom stereocenters. The number of alkyl halides is 3. The molecule has 0 unspecified atom stereocenters. The number of ether oxygens (including phenoxy) is 1. The van der Waals surface area contributed by atoms with Gasteiger partial charge in [-0.3, -0.25) is 9.69 Å². The molecule has 0 radical (unpaired) electrons. The van der Waals surface area contributed by atoms with Gasteiger partial charge in [0, 0.05) is 35.9 Å². The molecule has 210 valence electrons. The van der Waals surface area contributed by atoms with Crippen molar-refractivity contribution in [3.63, 3.8) is 0 Å². The fraction of sp³-hybridized carbons (Fsp3) is 0.483. The molecule has 2 aromatic carbocycles. The number of anilines is 1. The van der Waals surface area contributed by atoms with Crippen molar-refractivity contribution in [2.45, 2.75) is 71.3 Å². The molecule has 0 N–H and O–H groups in total. The standard InChI is InChI=1S/C29H35F3N4O3/c1-19-9-6-7-14-36(19)24-13-12-22(16-23(24)29(30,31)32)27-33-26(34-39-27)21-11-8-10-20(15-21)17-35(5)18-25(37)38-28(2,3)4/h8,10-13,15-16,19H,6-7,9,14,17-18H2,1-5H3/t19-/m0/s1. The minimum Gasteiger partial charge on any atom is -0.459 e. The number of carbonyl (C=O) groups excluding carboxylic acids is 1. The van der Waals surface area contributed by atoms with Gasteiger partial charge in [-0.05, 0) is 83.8 Å². The van der Waals surface area contributed by atoms with E-state index >= 15 is 0 Å². The molecule has 0 bridgehead atoms. The first-order valence-corrected chi connectivity index (χ1v) is 13.1. The average Bonchev–Trinajstić information content (AvgIpc) is 3.33. The molecule has 0 aliphatic carbocycles. The molecule has 7 nitrogen and oxygen atoms in total. The second-order valence-electron chi connectivity index (χ2n) is 11.2. The molecule has 39 heavy (non-hydrogen) atoms. The third kappa shape index (κ3) is 7.38. The van der Waals surface area contributed by atoms with Gasteiger partial charge in [0.15, 0.2) is 0 Å². The summed E-state index contributed by atoms with van der Waals surface area (Å²) >= 11 is 0. The fourth-order valence-electron chi connectivity index (χ4n) is 4.83. The van der Waals surface area contributed by atoms with Crippen LogP contribution >= 0.6 is 0 Å². The zero-order valence-electron chi connectivity index (χ0n) is 23.0. The van der Waals surface area contributed by atoms with Crippen LogP contribution in [0.2, 0.25) is 0 Å². The van der Waals surface area contributed by atoms with Crippen LogP contribution in [0.4, 0.5) is 18.9 Å². The lowest BCUT2D eigenvalue weighted by molar-refractivity contribution is -0.155. The van der Waals surface area contributed by atoms with E-state index in [1.54, 1.807) is 12.1 Å². The summed E-state index contributed by atoms with van der Waals surface area (Å²) in [7, 11) is 1.82. The lowest BCUT2D eigenvalue weighted by atomic mass is 9.99. The maximum atomic E-state index is 14.1. The van der Waals surface area contributed by atoms with E-state index in [0.717, 1.165) is 30.9 Å². The summed E-state index contributed by atoms with van der Waals surface area (Å²) in [6, 6.07) is 11.6. The number of hydrogen-bond donors (Lipinski definition) is 0. The van der Waals surface area contributed by atoms with E-state index in [2.05, 4.69) is 10.1 Å². The number of halogens is 3. The highest BCUT2D eigenvalue weighted by Crippen LogP contribution is 2.41. The summed E-state index contributed by atoms with van der Waals surface area (Å²) in [5.74, 6) is -0.0342. The van der Waals surface area contributed by atoms with Crippen LogP contribution in [0, 0.1) is 0 Å². The van der Waals surface area contributed by atoms with Crippen LogP contribution in [0.5, 0.6) is 0 Å². The van der Waals surface area contributed by atoms with E-state index in [0.29, 0.717) is 18.7 Å². The molecule has 2 heterocycles. The molecule has 10 heteroatoms. The molecule has 1 aromatic heterocycles. The van der Waals surface area contributed by atoms with Crippen molar-refractivity contribution in [2.75, 3.05) is 25.0 Å². The molecule has 0 spiro atoms. The zero-order chi connectivity index (χ0) is 28.4. The minimum atomic E-state index is -4.52. The molecule has 1 fully saturated rings. The first-order valence-electron chi connectivity index (χ1n) is 13.1. The van der Waals surface area contributed by atoms with Crippen molar-refractivity contribution >= 4 is 11.7 Å². The number of aromatic nitrogens is 2. The second-order valence-corrected chi connectivity index (χ2v) is 11.2. The summed E-state index contributed by atoms with van der Waals surface area (Å²) in [5, 5.41) is 4.02. The molecule has 3 aromatic rings. The number of hydrogen-bond acceptors (Lipinski definition) is 7. The van der Waals surface area contributed by atoms with Crippen LogP contribution in [0.1, 0.15) is 58.1 Å². The number of esters is 1. The molecule has 0 saturated carbocycles. The van der Waals surface area contributed by atoms with Gasteiger partial charge in [-0.15, -0.1) is 0 Å². The Morgan fingerprint density at radius 3 is 2.59 bits per heavy atom. The molecule has 1 aliphatic rings. The Bertz CT molecular complexity index is 1300. The maximum absolute atomic E-state index is 14.1. The monoisotopic (exact) mass is 544 g/mol. The molecule has 1 saturated heterocycles. The van der Waals surface area contributed by atoms with E-state index in [9.17, 15) is 18.0 Å². The van der Waals surface area contributed by atoms with Gasteiger partial charge >= 0.3 is 12.1 Å². The second kappa shape index (κ2) is 11.4. The molecule has 0 amide bonds. The number of nitrogens with zero attached hydrogens (tertiary/aromatic N) is 4. The molecule has 1 aliphatic heterocycles. The largest absolute Gasteiger partial charge is 0.459 e. The Kier molecular flexibility index (Phi) is 8.34. The van der Waals surface area contributed by atoms with E-state index in [1.807, 2.05) is 62.7 Å². The van der Waals surface area contributed by atoms with Crippen LogP contribution in [-0.2, 0) is 22.3 Å². The Labute approximate surface area is 226 Å². The SMILES string of the molecule is C[C@H]1CCCCN1c1ccc(-c2nc(-c3cccc(CN(C)CC(=O)OC(C)(C)C)c3)no2)cc1C(F)(F)F. The van der Waals surface area contributed by atoms with Gasteiger partial charge in [0.25, 0.3) is 5.89 Å². The van der Waals surface area contributed by atoms with Crippen molar-refractivity contribution in [2.24, 2.45) is 0 Å². The summed E-state index contributed by atoms with van der Waals surface area (Å²) in [6.07, 6.45) is -1.78. The van der Waals surface area contributed by atoms with Crippen LogP contribution in [-0.4, -0.2) is 52.8 Å². The van der Waals surface area contributed by atoms with Crippen LogP contribution in [0.15, 0.2) is 47.0 Å². The number of likely N-dealkylation sites (N-methyl/N-ethyl adjacent to an activating group) is 1. The summed E-state index contributed by atoms with van der Waals surface area (Å²) in [6.45, 7) is 8.62. The van der Waals surface area contributed by atoms with Gasteiger partial charge in [-0.1, -0.05) is 23.4 Å². The van der Waals surface area contributed by atoms with Crippen molar-refractivity contribution < 1.29 is 27.2 Å². The van der Waals surface area contributed by atoms with E-state index < -0.39 is 17.3 Å². The number of piperidine rings is 1. The third-order valence-corrected chi connectivity index (χ3v) is 6.54. The molecular weight excluding hydrogens is 509 g/mol. The highest BCUT2D eigenvalue weighted by Gasteiger charge is 2.37. The molecule has 4 rings (SSSR count). The first-order chi connectivity index (χ1) is 18.3. The number of rotatable bonds is 7. The highest BCUT2D eigenvalue weighted by atomic mass is 19.4. The minimum absolute atomic E-state index is 0.0150. The summed E-state index contributed by atoms with van der Waals surface area (Å²) < 4.78 is 53.0. The number of carbonyl (C=O) groups is 1. The quantitative estimate of drug-likeness (QED) is 0.311. The van der Waals surface area contributed by atoms with Gasteiger partial charge in [-0.2, -0.15) is 18.2 Å². The predicted molar refractivity (Wildman–Crippen MR) is 143 cm³/mol. The summed E-state index contributed by atoms with van der Waals surface area (Å²) in [4.78, 5) is 20.2. The first kappa shape index (κ1) is 28.6. The predicted octanol–water partition coefficient (Wildman–Crippen LogP) is 6.57. The topological polar surface area (TPSA) is 71.7 Å². The van der Waals surface area contributed by atoms with Gasteiger partial charge in [0.05, 0.1) is 12.1 Å².